The number of nitrogens with one attached hydrogen (secondary N) is 2. The van der Waals surface area contributed by atoms with E-state index >= 15 is 0 Å². The van der Waals surface area contributed by atoms with E-state index in [9.17, 15) is 4.79 Å². The molecule has 0 saturated heterocycles. The number of anilines is 1. The molecule has 6 nitrogen and oxygen atoms in total. The van der Waals surface area contributed by atoms with Crippen molar-refractivity contribution in [1.29, 1.82) is 0 Å². The smallest absolute Gasteiger partial charge is 0.319 e. The molecule has 0 saturated carbocycles. The fourth-order valence-electron chi connectivity index (χ4n) is 2.58. The van der Waals surface area contributed by atoms with Crippen molar-refractivity contribution in [3.63, 3.8) is 0 Å². The lowest BCUT2D eigenvalue weighted by Crippen LogP contribution is -2.37. The van der Waals surface area contributed by atoms with Crippen LogP contribution in [0.4, 0.5) is 10.5 Å². The number of methoxy groups -OCH3 is 2. The van der Waals surface area contributed by atoms with Gasteiger partial charge in [-0.2, -0.15) is 0 Å². The quantitative estimate of drug-likeness (QED) is 0.711. The maximum absolute atomic E-state index is 12.3. The Morgan fingerprint density at radius 2 is 1.92 bits per heavy atom. The first-order chi connectivity index (χ1) is 12.4. The molecule has 1 atom stereocenters. The Morgan fingerprint density at radius 3 is 2.58 bits per heavy atom. The maximum atomic E-state index is 12.3. The summed E-state index contributed by atoms with van der Waals surface area (Å²) < 4.78 is 11.4. The lowest BCUT2D eigenvalue weighted by atomic mass is 10.1. The van der Waals surface area contributed by atoms with Gasteiger partial charge in [0, 0.05) is 11.0 Å². The summed E-state index contributed by atoms with van der Waals surface area (Å²) in [5, 5.41) is 5.74. The number of hydrogen-bond donors (Lipinski definition) is 2. The van der Waals surface area contributed by atoms with Crippen LogP contribution in [-0.2, 0) is 0 Å². The number of hydrogen-bond acceptors (Lipinski definition) is 4. The third-order valence-corrected chi connectivity index (χ3v) is 4.46. The molecule has 7 heteroatoms. The maximum Gasteiger partial charge on any atom is 0.319 e. The molecule has 2 amide bonds. The number of amides is 2. The Kier molecular flexibility index (Phi) is 7.29. The molecular formula is C19H24BrN3O3. The summed E-state index contributed by atoms with van der Waals surface area (Å²) in [6.07, 6.45) is 0. The van der Waals surface area contributed by atoms with Crippen LogP contribution in [0.2, 0.25) is 0 Å². The van der Waals surface area contributed by atoms with Gasteiger partial charge in [-0.3, -0.25) is 0 Å². The monoisotopic (exact) mass is 421 g/mol. The standard InChI is InChI=1S/C19H24BrN3O3/c1-23(2)17(13-6-5-7-15(10-13)25-3)12-21-19(24)22-16-11-14(20)8-9-18(16)26-4/h5-11,17H,12H2,1-4H3,(H2,21,22,24). The van der Waals surface area contributed by atoms with E-state index in [0.29, 0.717) is 18.0 Å². The Balaban J connectivity index is 2.05. The predicted octanol–water partition coefficient (Wildman–Crippen LogP) is 3.89. The van der Waals surface area contributed by atoms with Crippen LogP contribution in [0.15, 0.2) is 46.9 Å². The van der Waals surface area contributed by atoms with Gasteiger partial charge in [0.2, 0.25) is 0 Å². The third kappa shape index (κ3) is 5.37. The highest BCUT2D eigenvalue weighted by Gasteiger charge is 2.16. The second kappa shape index (κ2) is 9.45. The number of ether oxygens (including phenoxy) is 2. The normalized spacial score (nSPS) is 11.8. The zero-order valence-corrected chi connectivity index (χ0v) is 17.0. The van der Waals surface area contributed by atoms with Crippen LogP contribution in [0.3, 0.4) is 0 Å². The van der Waals surface area contributed by atoms with Crippen LogP contribution in [0.5, 0.6) is 11.5 Å². The number of rotatable bonds is 7. The summed E-state index contributed by atoms with van der Waals surface area (Å²) in [6, 6.07) is 13.0. The first-order valence-electron chi connectivity index (χ1n) is 8.13. The summed E-state index contributed by atoms with van der Waals surface area (Å²) in [4.78, 5) is 14.4. The van der Waals surface area contributed by atoms with Crippen LogP contribution >= 0.6 is 15.9 Å². The van der Waals surface area contributed by atoms with Gasteiger partial charge in [0.05, 0.1) is 25.9 Å². The SMILES string of the molecule is COc1cccc(C(CNC(=O)Nc2cc(Br)ccc2OC)N(C)C)c1. The minimum absolute atomic E-state index is 0.0141. The molecule has 2 aromatic carbocycles. The van der Waals surface area contributed by atoms with E-state index in [1.165, 1.54) is 0 Å². The van der Waals surface area contributed by atoms with Crippen molar-refractivity contribution < 1.29 is 14.3 Å². The van der Waals surface area contributed by atoms with Crippen molar-refractivity contribution in [2.75, 3.05) is 40.2 Å². The van der Waals surface area contributed by atoms with Crippen molar-refractivity contribution in [1.82, 2.24) is 10.2 Å². The van der Waals surface area contributed by atoms with Crippen LogP contribution in [0, 0.1) is 0 Å². The number of nitrogens with zero attached hydrogens (tertiary/aromatic N) is 1. The van der Waals surface area contributed by atoms with Gasteiger partial charge in [0.25, 0.3) is 0 Å². The zero-order valence-electron chi connectivity index (χ0n) is 15.4. The minimum atomic E-state index is -0.295. The first-order valence-corrected chi connectivity index (χ1v) is 8.92. The average Bonchev–Trinajstić information content (AvgIpc) is 2.62. The molecule has 140 valence electrons. The molecule has 0 aliphatic rings. The molecule has 2 N–H and O–H groups in total. The van der Waals surface area contributed by atoms with E-state index in [1.807, 2.05) is 44.4 Å². The molecule has 0 heterocycles. The van der Waals surface area contributed by atoms with Gasteiger partial charge in [0.15, 0.2) is 0 Å². The lowest BCUT2D eigenvalue weighted by Gasteiger charge is -2.25. The molecule has 0 fully saturated rings. The zero-order chi connectivity index (χ0) is 19.1. The summed E-state index contributed by atoms with van der Waals surface area (Å²) in [7, 11) is 7.15. The Labute approximate surface area is 162 Å². The Bertz CT molecular complexity index is 753. The number of benzene rings is 2. The summed E-state index contributed by atoms with van der Waals surface area (Å²) in [5.74, 6) is 1.39. The number of carbonyl (C=O) groups excluding carboxylic acids is 1. The number of likely N-dealkylation sites (N-methyl/N-ethyl adjacent to an activating group) is 1. The van der Waals surface area contributed by atoms with Crippen molar-refractivity contribution in [2.24, 2.45) is 0 Å². The van der Waals surface area contributed by atoms with E-state index in [2.05, 4.69) is 31.5 Å². The van der Waals surface area contributed by atoms with Crippen molar-refractivity contribution in [3.05, 3.63) is 52.5 Å². The van der Waals surface area contributed by atoms with Gasteiger partial charge in [-0.15, -0.1) is 0 Å². The predicted molar refractivity (Wildman–Crippen MR) is 107 cm³/mol. The Morgan fingerprint density at radius 1 is 1.15 bits per heavy atom. The summed E-state index contributed by atoms with van der Waals surface area (Å²) in [6.45, 7) is 0.447. The number of urea groups is 1. The van der Waals surface area contributed by atoms with Crippen LogP contribution in [0.25, 0.3) is 0 Å². The molecule has 2 aromatic rings. The van der Waals surface area contributed by atoms with Gasteiger partial charge in [-0.05, 0) is 50.0 Å². The van der Waals surface area contributed by atoms with E-state index in [1.54, 1.807) is 26.4 Å². The van der Waals surface area contributed by atoms with E-state index < -0.39 is 0 Å². The van der Waals surface area contributed by atoms with Crippen LogP contribution in [-0.4, -0.2) is 45.8 Å². The molecule has 0 spiro atoms. The summed E-state index contributed by atoms with van der Waals surface area (Å²) >= 11 is 3.40. The molecule has 26 heavy (non-hydrogen) atoms. The van der Waals surface area contributed by atoms with E-state index in [4.69, 9.17) is 9.47 Å². The highest BCUT2D eigenvalue weighted by molar-refractivity contribution is 9.10. The largest absolute Gasteiger partial charge is 0.497 e. The van der Waals surface area contributed by atoms with Gasteiger partial charge in [-0.1, -0.05) is 28.1 Å². The van der Waals surface area contributed by atoms with Crippen LogP contribution < -0.4 is 20.1 Å². The van der Waals surface area contributed by atoms with Gasteiger partial charge >= 0.3 is 6.03 Å². The summed E-state index contributed by atoms with van der Waals surface area (Å²) in [5.41, 5.74) is 1.66. The lowest BCUT2D eigenvalue weighted by molar-refractivity contribution is 0.243. The highest BCUT2D eigenvalue weighted by atomic mass is 79.9. The molecule has 0 aromatic heterocycles. The Hall–Kier alpha value is -2.25. The van der Waals surface area contributed by atoms with Gasteiger partial charge in [0.1, 0.15) is 11.5 Å². The van der Waals surface area contributed by atoms with Crippen molar-refractivity contribution in [2.45, 2.75) is 6.04 Å². The van der Waals surface area contributed by atoms with E-state index in [0.717, 1.165) is 15.8 Å². The molecular weight excluding hydrogens is 398 g/mol. The number of carbonyl (C=O) groups is 1. The molecule has 2 rings (SSSR count). The molecule has 1 unspecified atom stereocenters. The third-order valence-electron chi connectivity index (χ3n) is 3.97. The van der Waals surface area contributed by atoms with Crippen molar-refractivity contribution in [3.8, 4) is 11.5 Å². The first kappa shape index (κ1) is 20.1. The van der Waals surface area contributed by atoms with Gasteiger partial charge < -0.3 is 25.0 Å². The topological polar surface area (TPSA) is 62.8 Å². The fraction of sp³-hybridized carbons (Fsp3) is 0.316. The van der Waals surface area contributed by atoms with E-state index in [-0.39, 0.29) is 12.1 Å². The number of halogens is 1. The molecule has 0 bridgehead atoms. The van der Waals surface area contributed by atoms with Crippen LogP contribution in [0.1, 0.15) is 11.6 Å². The molecule has 0 aliphatic carbocycles. The van der Waals surface area contributed by atoms with Gasteiger partial charge in [-0.25, -0.2) is 4.79 Å². The van der Waals surface area contributed by atoms with Crippen molar-refractivity contribution >= 4 is 27.6 Å². The molecule has 0 aliphatic heterocycles. The highest BCUT2D eigenvalue weighted by Crippen LogP contribution is 2.28. The fourth-order valence-corrected chi connectivity index (χ4v) is 2.94. The molecule has 0 radical (unpaired) electrons. The second-order valence-electron chi connectivity index (χ2n) is 5.94. The second-order valence-corrected chi connectivity index (χ2v) is 6.85. The average molecular weight is 422 g/mol. The minimum Gasteiger partial charge on any atom is -0.497 e.